The van der Waals surface area contributed by atoms with Crippen LogP contribution in [-0.2, 0) is 19.1 Å². The van der Waals surface area contributed by atoms with E-state index in [0.717, 1.165) is 0 Å². The first-order chi connectivity index (χ1) is 17.9. The number of aliphatic imine (C=N–C) groups is 1. The van der Waals surface area contributed by atoms with Crippen LogP contribution >= 0.6 is 22.9 Å². The number of benzene rings is 1. The molecule has 13 heteroatoms. The first-order valence-electron chi connectivity index (χ1n) is 11.6. The highest BCUT2D eigenvalue weighted by molar-refractivity contribution is 7.11. The van der Waals surface area contributed by atoms with Gasteiger partial charge in [-0.2, -0.15) is 0 Å². The third-order valence-corrected chi connectivity index (χ3v) is 7.78. The number of nitrogens with zero attached hydrogens (tertiary/aromatic N) is 4. The van der Waals surface area contributed by atoms with E-state index in [9.17, 15) is 19.1 Å². The topological polar surface area (TPSA) is 117 Å². The summed E-state index contributed by atoms with van der Waals surface area (Å²) in [7, 11) is 1.29. The van der Waals surface area contributed by atoms with Gasteiger partial charge in [-0.1, -0.05) is 17.7 Å². The van der Waals surface area contributed by atoms with Crippen LogP contribution in [0.15, 0.2) is 46.0 Å². The number of amidine groups is 1. The normalized spacial score (nSPS) is 23.9. The number of piperazine rings is 1. The number of aliphatic hydroxyl groups is 1. The molecule has 3 unspecified atom stereocenters. The zero-order valence-corrected chi connectivity index (χ0v) is 21.5. The Morgan fingerprint density at radius 1 is 1.32 bits per heavy atom. The van der Waals surface area contributed by atoms with Crippen molar-refractivity contribution < 1.29 is 28.6 Å². The second-order valence-electron chi connectivity index (χ2n) is 8.87. The van der Waals surface area contributed by atoms with E-state index >= 15 is 0 Å². The first-order valence-corrected chi connectivity index (χ1v) is 12.9. The van der Waals surface area contributed by atoms with Gasteiger partial charge in [-0.05, 0) is 12.1 Å². The molecule has 5 rings (SSSR count). The summed E-state index contributed by atoms with van der Waals surface area (Å²) in [6.45, 7) is 1.33. The lowest BCUT2D eigenvalue weighted by molar-refractivity contribution is -0.147. The predicted octanol–water partition coefficient (Wildman–Crippen LogP) is 1.36. The number of amides is 1. The molecule has 2 N–H and O–H groups in total. The van der Waals surface area contributed by atoms with Crippen molar-refractivity contribution in [3.05, 3.63) is 62.5 Å². The highest BCUT2D eigenvalue weighted by Crippen LogP contribution is 2.37. The van der Waals surface area contributed by atoms with Crippen LogP contribution in [0.5, 0.6) is 0 Å². The second-order valence-corrected chi connectivity index (χ2v) is 10.2. The standard InChI is InChI=1S/C24H25ClFN5O5S/c1-35-24(34)20-18(9-31-14-7-30(19(33)10-32)8-15(31)12-36-11-14)28-22(23-27-4-5-37-23)29-21(20)16-3-2-13(26)6-17(16)25/h2-6,14-15,21,32H,7-12H2,1H3,(H,28,29). The summed E-state index contributed by atoms with van der Waals surface area (Å²) in [4.78, 5) is 38.3. The number of rotatable bonds is 6. The molecule has 0 radical (unpaired) electrons. The zero-order chi connectivity index (χ0) is 26.1. The Hall–Kier alpha value is -2.90. The van der Waals surface area contributed by atoms with Crippen LogP contribution < -0.4 is 5.32 Å². The van der Waals surface area contributed by atoms with Crippen molar-refractivity contribution in [2.75, 3.05) is 46.6 Å². The number of thiazole rings is 1. The number of methoxy groups -OCH3 is 1. The first kappa shape index (κ1) is 25.7. The third kappa shape index (κ3) is 5.12. The van der Waals surface area contributed by atoms with Crippen molar-refractivity contribution in [1.29, 1.82) is 0 Å². The lowest BCUT2D eigenvalue weighted by Gasteiger charge is -2.50. The van der Waals surface area contributed by atoms with Crippen molar-refractivity contribution >= 4 is 40.6 Å². The number of morpholine rings is 1. The number of aliphatic hydroxyl groups excluding tert-OH is 1. The van der Waals surface area contributed by atoms with Gasteiger partial charge in [0.05, 0.1) is 38.0 Å². The maximum Gasteiger partial charge on any atom is 0.338 e. The van der Waals surface area contributed by atoms with Gasteiger partial charge in [0.25, 0.3) is 0 Å². The highest BCUT2D eigenvalue weighted by atomic mass is 35.5. The van der Waals surface area contributed by atoms with Crippen molar-refractivity contribution in [2.45, 2.75) is 18.1 Å². The summed E-state index contributed by atoms with van der Waals surface area (Å²) in [6.07, 6.45) is 1.66. The molecule has 0 saturated carbocycles. The molecule has 0 aliphatic carbocycles. The smallest absolute Gasteiger partial charge is 0.338 e. The van der Waals surface area contributed by atoms with Crippen LogP contribution in [0, 0.1) is 5.82 Å². The Morgan fingerprint density at radius 3 is 2.70 bits per heavy atom. The molecule has 0 spiro atoms. The number of hydrogen-bond donors (Lipinski definition) is 2. The average Bonchev–Trinajstić information content (AvgIpc) is 3.42. The number of esters is 1. The fraction of sp³-hybridized carbons (Fsp3) is 0.417. The number of carbonyl (C=O) groups excluding carboxylic acids is 2. The summed E-state index contributed by atoms with van der Waals surface area (Å²) in [6, 6.07) is 2.82. The van der Waals surface area contributed by atoms with Crippen LogP contribution in [0.4, 0.5) is 4.39 Å². The van der Waals surface area contributed by atoms with Crippen LogP contribution in [0.2, 0.25) is 5.02 Å². The van der Waals surface area contributed by atoms with E-state index < -0.39 is 24.4 Å². The summed E-state index contributed by atoms with van der Waals surface area (Å²) < 4.78 is 24.8. The Morgan fingerprint density at radius 2 is 2.08 bits per heavy atom. The maximum atomic E-state index is 13.9. The van der Waals surface area contributed by atoms with E-state index in [4.69, 9.17) is 26.1 Å². The third-order valence-electron chi connectivity index (χ3n) is 6.67. The van der Waals surface area contributed by atoms with Crippen molar-refractivity contribution in [3.8, 4) is 0 Å². The van der Waals surface area contributed by atoms with Crippen molar-refractivity contribution in [1.82, 2.24) is 20.1 Å². The van der Waals surface area contributed by atoms with E-state index in [-0.39, 0.29) is 28.6 Å². The highest BCUT2D eigenvalue weighted by Gasteiger charge is 2.42. The van der Waals surface area contributed by atoms with Gasteiger partial charge in [0, 0.05) is 47.5 Å². The van der Waals surface area contributed by atoms with E-state index in [0.29, 0.717) is 55.0 Å². The van der Waals surface area contributed by atoms with Crippen LogP contribution in [0.1, 0.15) is 16.6 Å². The fourth-order valence-electron chi connectivity index (χ4n) is 4.94. The monoisotopic (exact) mass is 549 g/mol. The maximum absolute atomic E-state index is 13.9. The number of nitrogens with one attached hydrogen (secondary N) is 1. The van der Waals surface area contributed by atoms with Gasteiger partial charge < -0.3 is 24.8 Å². The molecular weight excluding hydrogens is 525 g/mol. The van der Waals surface area contributed by atoms with Gasteiger partial charge in [-0.15, -0.1) is 11.3 Å². The number of hydrogen-bond acceptors (Lipinski definition) is 10. The average molecular weight is 550 g/mol. The largest absolute Gasteiger partial charge is 0.466 e. The van der Waals surface area contributed by atoms with Crippen molar-refractivity contribution in [3.63, 3.8) is 0 Å². The van der Waals surface area contributed by atoms with Gasteiger partial charge in [-0.25, -0.2) is 14.2 Å². The van der Waals surface area contributed by atoms with Gasteiger partial charge >= 0.3 is 5.97 Å². The molecule has 2 aromatic rings. The zero-order valence-electron chi connectivity index (χ0n) is 19.9. The van der Waals surface area contributed by atoms with E-state index in [1.165, 1.54) is 36.6 Å². The molecule has 2 saturated heterocycles. The lowest BCUT2D eigenvalue weighted by Crippen LogP contribution is -2.66. The molecule has 1 aromatic carbocycles. The van der Waals surface area contributed by atoms with Crippen LogP contribution in [0.25, 0.3) is 0 Å². The molecule has 4 heterocycles. The summed E-state index contributed by atoms with van der Waals surface area (Å²) in [5.41, 5.74) is 1.26. The minimum absolute atomic E-state index is 0.135. The quantitative estimate of drug-likeness (QED) is 0.519. The number of fused-ring (bicyclic) bond motifs is 2. The van der Waals surface area contributed by atoms with E-state index in [1.807, 2.05) is 5.38 Å². The summed E-state index contributed by atoms with van der Waals surface area (Å²) >= 11 is 7.81. The Labute approximate surface area is 221 Å². The van der Waals surface area contributed by atoms with Crippen LogP contribution in [-0.4, -0.2) is 96.3 Å². The van der Waals surface area contributed by atoms with Crippen LogP contribution in [0.3, 0.4) is 0 Å². The molecule has 3 aliphatic heterocycles. The molecule has 10 nitrogen and oxygen atoms in total. The van der Waals surface area contributed by atoms with Crippen molar-refractivity contribution in [2.24, 2.45) is 4.99 Å². The molecular formula is C24H25ClFN5O5S. The number of ether oxygens (including phenoxy) is 2. The molecule has 2 bridgehead atoms. The summed E-state index contributed by atoms with van der Waals surface area (Å²) in [5.74, 6) is -0.964. The van der Waals surface area contributed by atoms with Gasteiger partial charge in [0.1, 0.15) is 18.5 Å². The fourth-order valence-corrected chi connectivity index (χ4v) is 5.80. The SMILES string of the molecule is COC(=O)C1=C(CN2C3COCC2CN(C(=O)CO)C3)NC(c2nccs2)=NC1c1ccc(F)cc1Cl. The molecule has 3 aliphatic rings. The lowest BCUT2D eigenvalue weighted by atomic mass is 9.94. The van der Waals surface area contributed by atoms with E-state index in [1.54, 1.807) is 11.1 Å². The predicted molar refractivity (Wildman–Crippen MR) is 134 cm³/mol. The molecule has 196 valence electrons. The molecule has 37 heavy (non-hydrogen) atoms. The minimum atomic E-state index is -0.857. The number of carbonyl (C=O) groups is 2. The number of aromatic nitrogens is 1. The summed E-state index contributed by atoms with van der Waals surface area (Å²) in [5, 5.41) is 15.2. The Bertz CT molecular complexity index is 1240. The molecule has 1 amide bonds. The molecule has 1 aromatic heterocycles. The van der Waals surface area contributed by atoms with Gasteiger partial charge in [0.2, 0.25) is 5.91 Å². The number of halogens is 2. The molecule has 3 atom stereocenters. The Kier molecular flexibility index (Phi) is 7.54. The van der Waals surface area contributed by atoms with Gasteiger partial charge in [0.15, 0.2) is 10.8 Å². The van der Waals surface area contributed by atoms with E-state index in [2.05, 4.69) is 15.2 Å². The molecule has 2 fully saturated rings. The van der Waals surface area contributed by atoms with Gasteiger partial charge in [-0.3, -0.25) is 14.7 Å². The Balaban J connectivity index is 1.56. The second kappa shape index (κ2) is 10.8. The minimum Gasteiger partial charge on any atom is -0.466 e.